The highest BCUT2D eigenvalue weighted by atomic mass is 32.1. The molecular formula is C17H20N2OS. The quantitative estimate of drug-likeness (QED) is 0.822. The minimum atomic E-state index is 0.547. The molecule has 0 unspecified atom stereocenters. The average molecular weight is 300 g/mol. The summed E-state index contributed by atoms with van der Waals surface area (Å²) in [5, 5.41) is 6.96. The summed E-state index contributed by atoms with van der Waals surface area (Å²) in [7, 11) is 1.65. The first kappa shape index (κ1) is 15.3. The van der Waals surface area contributed by atoms with Crippen molar-refractivity contribution in [3.8, 4) is 5.75 Å². The number of hydrogen-bond acceptors (Lipinski definition) is 2. The second-order valence-electron chi connectivity index (χ2n) is 5.10. The maximum Gasteiger partial charge on any atom is 0.175 e. The van der Waals surface area contributed by atoms with Crippen LogP contribution in [-0.2, 0) is 0 Å². The van der Waals surface area contributed by atoms with Gasteiger partial charge in [-0.3, -0.25) is 0 Å². The van der Waals surface area contributed by atoms with Gasteiger partial charge in [0.15, 0.2) is 5.11 Å². The van der Waals surface area contributed by atoms with E-state index in [1.807, 2.05) is 31.2 Å². The second kappa shape index (κ2) is 6.59. The molecule has 2 aromatic rings. The molecular weight excluding hydrogens is 280 g/mol. The zero-order valence-electron chi connectivity index (χ0n) is 12.8. The first-order valence-electron chi connectivity index (χ1n) is 6.79. The molecule has 2 aromatic carbocycles. The Labute approximate surface area is 131 Å². The molecule has 0 spiro atoms. The van der Waals surface area contributed by atoms with Gasteiger partial charge in [-0.15, -0.1) is 0 Å². The van der Waals surface area contributed by atoms with Gasteiger partial charge in [0.1, 0.15) is 5.75 Å². The fourth-order valence-electron chi connectivity index (χ4n) is 2.15. The Morgan fingerprint density at radius 1 is 0.905 bits per heavy atom. The Kier molecular flexibility index (Phi) is 4.81. The highest BCUT2D eigenvalue weighted by Crippen LogP contribution is 2.25. The second-order valence-corrected chi connectivity index (χ2v) is 5.51. The maximum absolute atomic E-state index is 5.38. The Balaban J connectivity index is 2.13. The van der Waals surface area contributed by atoms with Crippen LogP contribution in [0.15, 0.2) is 36.4 Å². The molecule has 110 valence electrons. The van der Waals surface area contributed by atoms with Crippen molar-refractivity contribution in [2.24, 2.45) is 0 Å². The third-order valence-electron chi connectivity index (χ3n) is 3.23. The van der Waals surface area contributed by atoms with Crippen molar-refractivity contribution in [3.05, 3.63) is 53.1 Å². The van der Waals surface area contributed by atoms with E-state index in [4.69, 9.17) is 17.0 Å². The molecule has 0 saturated carbocycles. The smallest absolute Gasteiger partial charge is 0.175 e. The largest absolute Gasteiger partial charge is 0.495 e. The van der Waals surface area contributed by atoms with Crippen molar-refractivity contribution in [2.45, 2.75) is 20.8 Å². The molecule has 2 N–H and O–H groups in total. The fourth-order valence-corrected chi connectivity index (χ4v) is 2.37. The molecule has 21 heavy (non-hydrogen) atoms. The van der Waals surface area contributed by atoms with Crippen molar-refractivity contribution in [2.75, 3.05) is 17.7 Å². The summed E-state index contributed by atoms with van der Waals surface area (Å²) >= 11 is 5.38. The van der Waals surface area contributed by atoms with Gasteiger partial charge in [0, 0.05) is 5.69 Å². The summed E-state index contributed by atoms with van der Waals surface area (Å²) in [6.07, 6.45) is 0. The zero-order chi connectivity index (χ0) is 15.4. The molecule has 0 atom stereocenters. The van der Waals surface area contributed by atoms with Crippen LogP contribution in [0.5, 0.6) is 5.75 Å². The van der Waals surface area contributed by atoms with Gasteiger partial charge in [0.25, 0.3) is 0 Å². The van der Waals surface area contributed by atoms with E-state index in [9.17, 15) is 0 Å². The minimum absolute atomic E-state index is 0.547. The molecule has 0 radical (unpaired) electrons. The van der Waals surface area contributed by atoms with Gasteiger partial charge < -0.3 is 15.4 Å². The summed E-state index contributed by atoms with van der Waals surface area (Å²) < 4.78 is 5.34. The lowest BCUT2D eigenvalue weighted by Crippen LogP contribution is -2.20. The van der Waals surface area contributed by atoms with Gasteiger partial charge >= 0.3 is 0 Å². The van der Waals surface area contributed by atoms with E-state index in [2.05, 4.69) is 36.6 Å². The van der Waals surface area contributed by atoms with Gasteiger partial charge in [-0.2, -0.15) is 0 Å². The molecule has 0 aliphatic carbocycles. The van der Waals surface area contributed by atoms with Crippen LogP contribution < -0.4 is 15.4 Å². The van der Waals surface area contributed by atoms with Gasteiger partial charge in [0.2, 0.25) is 0 Å². The van der Waals surface area contributed by atoms with E-state index in [0.717, 1.165) is 28.3 Å². The van der Waals surface area contributed by atoms with E-state index in [0.29, 0.717) is 5.11 Å². The van der Waals surface area contributed by atoms with E-state index in [1.165, 1.54) is 5.56 Å². The zero-order valence-corrected chi connectivity index (χ0v) is 13.6. The van der Waals surface area contributed by atoms with E-state index in [-0.39, 0.29) is 0 Å². The Morgan fingerprint density at radius 2 is 1.52 bits per heavy atom. The molecule has 3 nitrogen and oxygen atoms in total. The number of aryl methyl sites for hydroxylation is 3. The summed E-state index contributed by atoms with van der Waals surface area (Å²) in [5.74, 6) is 0.769. The van der Waals surface area contributed by atoms with Crippen molar-refractivity contribution in [1.82, 2.24) is 0 Å². The highest BCUT2D eigenvalue weighted by molar-refractivity contribution is 7.80. The molecule has 0 aliphatic rings. The predicted octanol–water partition coefficient (Wildman–Crippen LogP) is 4.43. The molecule has 4 heteroatoms. The lowest BCUT2D eigenvalue weighted by Gasteiger charge is -2.15. The lowest BCUT2D eigenvalue weighted by atomic mass is 10.1. The Bertz CT molecular complexity index is 668. The monoisotopic (exact) mass is 300 g/mol. The molecule has 0 aliphatic heterocycles. The summed E-state index contributed by atoms with van der Waals surface area (Å²) in [6.45, 7) is 6.17. The molecule has 0 fully saturated rings. The van der Waals surface area contributed by atoms with Crippen LogP contribution in [0.3, 0.4) is 0 Å². The number of anilines is 2. The van der Waals surface area contributed by atoms with Crippen molar-refractivity contribution in [1.29, 1.82) is 0 Å². The first-order valence-corrected chi connectivity index (χ1v) is 7.20. The topological polar surface area (TPSA) is 33.3 Å². The predicted molar refractivity (Wildman–Crippen MR) is 93.5 cm³/mol. The maximum atomic E-state index is 5.38. The highest BCUT2D eigenvalue weighted by Gasteiger charge is 2.06. The van der Waals surface area contributed by atoms with Crippen LogP contribution in [0.25, 0.3) is 0 Å². The summed E-state index contributed by atoms with van der Waals surface area (Å²) in [4.78, 5) is 0. The van der Waals surface area contributed by atoms with E-state index in [1.54, 1.807) is 7.11 Å². The van der Waals surface area contributed by atoms with Gasteiger partial charge in [-0.05, 0) is 62.3 Å². The third kappa shape index (κ3) is 3.95. The molecule has 0 amide bonds. The summed E-state index contributed by atoms with van der Waals surface area (Å²) in [6, 6.07) is 12.2. The van der Waals surface area contributed by atoms with Crippen LogP contribution in [0.4, 0.5) is 11.4 Å². The normalized spacial score (nSPS) is 10.1. The third-order valence-corrected chi connectivity index (χ3v) is 3.44. The number of rotatable bonds is 3. The number of hydrogen-bond donors (Lipinski definition) is 2. The standard InChI is InChI=1S/C17H20N2OS/c1-11-5-7-14(13(3)9-11)18-17(21)19-15-10-12(2)6-8-16(15)20-4/h5-10H,1-4H3,(H2,18,19,21). The molecule has 0 heterocycles. The SMILES string of the molecule is COc1ccc(C)cc1NC(=S)Nc1ccc(C)cc1C. The van der Waals surface area contributed by atoms with E-state index >= 15 is 0 Å². The van der Waals surface area contributed by atoms with Crippen LogP contribution >= 0.6 is 12.2 Å². The van der Waals surface area contributed by atoms with Gasteiger partial charge in [-0.1, -0.05) is 23.8 Å². The van der Waals surface area contributed by atoms with Crippen LogP contribution in [0.1, 0.15) is 16.7 Å². The van der Waals surface area contributed by atoms with Crippen LogP contribution in [-0.4, -0.2) is 12.2 Å². The van der Waals surface area contributed by atoms with Crippen LogP contribution in [0.2, 0.25) is 0 Å². The van der Waals surface area contributed by atoms with Crippen molar-refractivity contribution in [3.63, 3.8) is 0 Å². The number of nitrogens with one attached hydrogen (secondary N) is 2. The summed E-state index contributed by atoms with van der Waals surface area (Å²) in [5.41, 5.74) is 5.41. The lowest BCUT2D eigenvalue weighted by molar-refractivity contribution is 0.417. The molecule has 2 rings (SSSR count). The Hall–Kier alpha value is -2.07. The fraction of sp³-hybridized carbons (Fsp3) is 0.235. The molecule has 0 aromatic heterocycles. The number of benzene rings is 2. The molecule has 0 bridgehead atoms. The van der Waals surface area contributed by atoms with Gasteiger partial charge in [-0.25, -0.2) is 0 Å². The number of thiocarbonyl (C=S) groups is 1. The Morgan fingerprint density at radius 3 is 2.19 bits per heavy atom. The first-order chi connectivity index (χ1) is 9.99. The van der Waals surface area contributed by atoms with Crippen LogP contribution in [0, 0.1) is 20.8 Å². The minimum Gasteiger partial charge on any atom is -0.495 e. The van der Waals surface area contributed by atoms with Gasteiger partial charge in [0.05, 0.1) is 12.8 Å². The van der Waals surface area contributed by atoms with Crippen molar-refractivity contribution >= 4 is 28.7 Å². The van der Waals surface area contributed by atoms with Crippen molar-refractivity contribution < 1.29 is 4.74 Å². The van der Waals surface area contributed by atoms with E-state index < -0.39 is 0 Å². The average Bonchev–Trinajstić information content (AvgIpc) is 2.42. The number of methoxy groups -OCH3 is 1. The molecule has 0 saturated heterocycles. The number of ether oxygens (including phenoxy) is 1.